The van der Waals surface area contributed by atoms with Crippen molar-refractivity contribution in [1.29, 1.82) is 0 Å². The van der Waals surface area contributed by atoms with Crippen molar-refractivity contribution >= 4 is 11.7 Å². The van der Waals surface area contributed by atoms with Gasteiger partial charge in [-0.05, 0) is 37.5 Å². The van der Waals surface area contributed by atoms with E-state index in [1.54, 1.807) is 13.1 Å². The van der Waals surface area contributed by atoms with Crippen LogP contribution in [0.25, 0.3) is 0 Å². The van der Waals surface area contributed by atoms with Crippen LogP contribution in [0.2, 0.25) is 0 Å². The molecule has 0 spiro atoms. The Bertz CT molecular complexity index is 489. The monoisotopic (exact) mass is 261 g/mol. The molecule has 2 fully saturated rings. The molecule has 2 aliphatic heterocycles. The topological polar surface area (TPSA) is 65.5 Å². The lowest BCUT2D eigenvalue weighted by Gasteiger charge is -2.37. The summed E-state index contributed by atoms with van der Waals surface area (Å²) in [6.45, 7) is 3.37. The highest BCUT2D eigenvalue weighted by Gasteiger charge is 2.41. The van der Waals surface area contributed by atoms with Crippen LogP contribution >= 0.6 is 0 Å². The maximum atomic E-state index is 11.8. The molecule has 1 amide bonds. The number of fused-ring (bicyclic) bond motifs is 1. The maximum absolute atomic E-state index is 11.8. The van der Waals surface area contributed by atoms with Crippen molar-refractivity contribution in [2.45, 2.75) is 31.9 Å². The first-order valence-electron chi connectivity index (χ1n) is 6.85. The van der Waals surface area contributed by atoms with Crippen molar-refractivity contribution in [2.75, 3.05) is 18.0 Å². The van der Waals surface area contributed by atoms with Crippen LogP contribution < -0.4 is 10.2 Å². The van der Waals surface area contributed by atoms with Gasteiger partial charge in [0.1, 0.15) is 5.82 Å². The average Bonchev–Trinajstić information content (AvgIpc) is 2.81. The Balaban J connectivity index is 1.88. The number of piperidine rings is 1. The smallest absolute Gasteiger partial charge is 0.225 e. The van der Waals surface area contributed by atoms with E-state index in [2.05, 4.69) is 15.2 Å². The highest BCUT2D eigenvalue weighted by molar-refractivity contribution is 5.83. The summed E-state index contributed by atoms with van der Waals surface area (Å²) in [5, 5.41) is 12.6. The van der Waals surface area contributed by atoms with Crippen LogP contribution in [0, 0.1) is 5.92 Å². The number of hydrogen-bond donors (Lipinski definition) is 2. The Hall–Kier alpha value is -1.62. The Morgan fingerprint density at radius 3 is 3.21 bits per heavy atom. The van der Waals surface area contributed by atoms with Gasteiger partial charge < -0.3 is 15.3 Å². The van der Waals surface area contributed by atoms with Gasteiger partial charge in [-0.15, -0.1) is 0 Å². The first-order valence-corrected chi connectivity index (χ1v) is 6.85. The predicted octanol–water partition coefficient (Wildman–Crippen LogP) is 0.850. The second-order valence-corrected chi connectivity index (χ2v) is 5.38. The zero-order chi connectivity index (χ0) is 13.4. The van der Waals surface area contributed by atoms with Gasteiger partial charge in [-0.2, -0.15) is 0 Å². The lowest BCUT2D eigenvalue weighted by molar-refractivity contribution is -0.122. The number of aliphatic hydroxyl groups excluding tert-OH is 1. The molecule has 5 heteroatoms. The largest absolute Gasteiger partial charge is 0.389 e. The van der Waals surface area contributed by atoms with Crippen LogP contribution in [0.5, 0.6) is 0 Å². The van der Waals surface area contributed by atoms with E-state index in [-0.39, 0.29) is 17.9 Å². The lowest BCUT2D eigenvalue weighted by Crippen LogP contribution is -2.46. The summed E-state index contributed by atoms with van der Waals surface area (Å²) in [5.41, 5.74) is 0.865. The highest BCUT2D eigenvalue weighted by Crippen LogP contribution is 2.31. The molecular formula is C14H19N3O2. The van der Waals surface area contributed by atoms with E-state index in [9.17, 15) is 9.90 Å². The molecular weight excluding hydrogens is 242 g/mol. The summed E-state index contributed by atoms with van der Waals surface area (Å²) < 4.78 is 0. The third kappa shape index (κ3) is 2.18. The van der Waals surface area contributed by atoms with Gasteiger partial charge in [0, 0.05) is 19.3 Å². The number of amides is 1. The van der Waals surface area contributed by atoms with Crippen LogP contribution in [0.1, 0.15) is 31.4 Å². The van der Waals surface area contributed by atoms with E-state index < -0.39 is 6.10 Å². The van der Waals surface area contributed by atoms with Gasteiger partial charge in [0.15, 0.2) is 0 Å². The van der Waals surface area contributed by atoms with Crippen molar-refractivity contribution in [3.05, 3.63) is 23.9 Å². The van der Waals surface area contributed by atoms with E-state index in [0.717, 1.165) is 30.8 Å². The molecule has 0 aromatic carbocycles. The fourth-order valence-electron chi connectivity index (χ4n) is 3.09. The molecule has 0 aliphatic carbocycles. The Morgan fingerprint density at radius 2 is 2.42 bits per heavy atom. The first kappa shape index (κ1) is 12.4. The minimum Gasteiger partial charge on any atom is -0.389 e. The number of aliphatic hydroxyl groups is 1. The van der Waals surface area contributed by atoms with Crippen molar-refractivity contribution in [2.24, 2.45) is 5.92 Å². The molecule has 3 rings (SSSR count). The Morgan fingerprint density at radius 1 is 1.58 bits per heavy atom. The van der Waals surface area contributed by atoms with Crippen LogP contribution in [0.4, 0.5) is 5.82 Å². The summed E-state index contributed by atoms with van der Waals surface area (Å²) >= 11 is 0. The Kier molecular flexibility index (Phi) is 3.14. The van der Waals surface area contributed by atoms with Gasteiger partial charge in [0.05, 0.1) is 18.1 Å². The zero-order valence-electron chi connectivity index (χ0n) is 11.0. The normalized spacial score (nSPS) is 27.9. The van der Waals surface area contributed by atoms with E-state index in [1.807, 2.05) is 12.1 Å². The van der Waals surface area contributed by atoms with Crippen molar-refractivity contribution in [3.8, 4) is 0 Å². The van der Waals surface area contributed by atoms with E-state index in [4.69, 9.17) is 0 Å². The molecule has 0 bridgehead atoms. The minimum absolute atomic E-state index is 0.0887. The standard InChI is InChI=1S/C14H19N3O2/c1-9(18)10-4-5-15-13(7-10)17-6-2-3-11-12(17)8-16-14(11)19/h4-5,7,9,11-12,18H,2-3,6,8H2,1H3,(H,16,19)/t9-,11?,12?/m1/s1. The van der Waals surface area contributed by atoms with Crippen molar-refractivity contribution < 1.29 is 9.90 Å². The van der Waals surface area contributed by atoms with Gasteiger partial charge in [-0.3, -0.25) is 4.79 Å². The number of nitrogens with zero attached hydrogens (tertiary/aromatic N) is 2. The molecule has 2 aliphatic rings. The molecule has 5 nitrogen and oxygen atoms in total. The third-order valence-corrected chi connectivity index (χ3v) is 4.15. The second kappa shape index (κ2) is 4.81. The number of aromatic nitrogens is 1. The molecule has 0 saturated carbocycles. The predicted molar refractivity (Wildman–Crippen MR) is 71.7 cm³/mol. The number of rotatable bonds is 2. The molecule has 2 saturated heterocycles. The van der Waals surface area contributed by atoms with Gasteiger partial charge >= 0.3 is 0 Å². The number of nitrogens with one attached hydrogen (secondary N) is 1. The molecule has 2 N–H and O–H groups in total. The van der Waals surface area contributed by atoms with Crippen molar-refractivity contribution in [3.63, 3.8) is 0 Å². The third-order valence-electron chi connectivity index (χ3n) is 4.15. The van der Waals surface area contributed by atoms with Crippen LogP contribution in [0.3, 0.4) is 0 Å². The second-order valence-electron chi connectivity index (χ2n) is 5.38. The van der Waals surface area contributed by atoms with Crippen LogP contribution in [-0.2, 0) is 4.79 Å². The van der Waals surface area contributed by atoms with Gasteiger partial charge in [-0.1, -0.05) is 0 Å². The maximum Gasteiger partial charge on any atom is 0.225 e. The summed E-state index contributed by atoms with van der Waals surface area (Å²) in [6.07, 6.45) is 3.20. The van der Waals surface area contributed by atoms with Gasteiger partial charge in [-0.25, -0.2) is 4.98 Å². The minimum atomic E-state index is -0.495. The number of carbonyl (C=O) groups is 1. The summed E-state index contributed by atoms with van der Waals surface area (Å²) in [6, 6.07) is 3.96. The zero-order valence-corrected chi connectivity index (χ0v) is 11.0. The average molecular weight is 261 g/mol. The molecule has 19 heavy (non-hydrogen) atoms. The molecule has 1 aromatic rings. The van der Waals surface area contributed by atoms with Crippen molar-refractivity contribution in [1.82, 2.24) is 10.3 Å². The van der Waals surface area contributed by atoms with Gasteiger partial charge in [0.2, 0.25) is 5.91 Å². The van der Waals surface area contributed by atoms with Crippen LogP contribution in [0.15, 0.2) is 18.3 Å². The highest BCUT2D eigenvalue weighted by atomic mass is 16.3. The first-order chi connectivity index (χ1) is 9.16. The van der Waals surface area contributed by atoms with E-state index >= 15 is 0 Å². The lowest BCUT2D eigenvalue weighted by atomic mass is 9.91. The number of carbonyl (C=O) groups excluding carboxylic acids is 1. The number of pyridine rings is 1. The van der Waals surface area contributed by atoms with Crippen LogP contribution in [-0.4, -0.2) is 35.1 Å². The fourth-order valence-corrected chi connectivity index (χ4v) is 3.09. The van der Waals surface area contributed by atoms with E-state index in [0.29, 0.717) is 6.54 Å². The SMILES string of the molecule is C[C@@H](O)c1ccnc(N2CCCC3C(=O)NCC32)c1. The molecule has 0 radical (unpaired) electrons. The quantitative estimate of drug-likeness (QED) is 0.828. The molecule has 1 aromatic heterocycles. The molecule has 2 unspecified atom stereocenters. The molecule has 102 valence electrons. The van der Waals surface area contributed by atoms with Gasteiger partial charge in [0.25, 0.3) is 0 Å². The number of anilines is 1. The Labute approximate surface area is 112 Å². The summed E-state index contributed by atoms with van der Waals surface area (Å²) in [4.78, 5) is 18.4. The summed E-state index contributed by atoms with van der Waals surface area (Å²) in [5.74, 6) is 1.12. The van der Waals surface area contributed by atoms with E-state index in [1.165, 1.54) is 0 Å². The molecule has 3 atom stereocenters. The molecule has 3 heterocycles. The fraction of sp³-hybridized carbons (Fsp3) is 0.571. The summed E-state index contributed by atoms with van der Waals surface area (Å²) in [7, 11) is 0. The number of hydrogen-bond acceptors (Lipinski definition) is 4.